The highest BCUT2D eigenvalue weighted by atomic mass is 16.5. The number of ether oxygens (including phenoxy) is 1. The monoisotopic (exact) mass is 218 g/mol. The van der Waals surface area contributed by atoms with Crippen LogP contribution in [0.3, 0.4) is 0 Å². The number of hydrazine groups is 1. The van der Waals surface area contributed by atoms with Gasteiger partial charge in [0.25, 0.3) is 0 Å². The van der Waals surface area contributed by atoms with Gasteiger partial charge in [-0.25, -0.2) is 5.43 Å². The van der Waals surface area contributed by atoms with Gasteiger partial charge in [0.2, 0.25) is 0 Å². The number of benzene rings is 1. The summed E-state index contributed by atoms with van der Waals surface area (Å²) in [5.74, 6) is 5.64. The molecule has 1 aliphatic rings. The van der Waals surface area contributed by atoms with E-state index in [0.717, 1.165) is 19.4 Å². The Labute approximate surface area is 96.3 Å². The summed E-state index contributed by atoms with van der Waals surface area (Å²) >= 11 is 0. The summed E-state index contributed by atoms with van der Waals surface area (Å²) < 4.78 is 5.36. The van der Waals surface area contributed by atoms with E-state index in [1.807, 2.05) is 6.26 Å². The molecule has 0 bridgehead atoms. The van der Waals surface area contributed by atoms with E-state index in [1.54, 1.807) is 0 Å². The fraction of sp³-hybridized carbons (Fsp3) is 0.385. The normalized spacial score (nSPS) is 17.5. The second-order valence-corrected chi connectivity index (χ2v) is 4.18. The van der Waals surface area contributed by atoms with E-state index < -0.39 is 0 Å². The largest absolute Gasteiger partial charge is 0.501 e. The molecular weight excluding hydrogens is 200 g/mol. The lowest BCUT2D eigenvalue weighted by Crippen LogP contribution is -2.30. The van der Waals surface area contributed by atoms with Gasteiger partial charge in [-0.1, -0.05) is 29.8 Å². The van der Waals surface area contributed by atoms with Crippen molar-refractivity contribution in [3.8, 4) is 0 Å². The summed E-state index contributed by atoms with van der Waals surface area (Å²) in [4.78, 5) is 0. The lowest BCUT2D eigenvalue weighted by molar-refractivity contribution is 0.219. The van der Waals surface area contributed by atoms with Crippen molar-refractivity contribution in [3.05, 3.63) is 47.2 Å². The molecule has 1 atom stereocenters. The molecule has 0 fully saturated rings. The zero-order valence-electron chi connectivity index (χ0n) is 9.57. The SMILES string of the molecule is Cc1cccc(C(NN)C2=COCCC2)c1. The Kier molecular flexibility index (Phi) is 3.59. The lowest BCUT2D eigenvalue weighted by Gasteiger charge is -2.23. The Morgan fingerprint density at radius 3 is 2.94 bits per heavy atom. The summed E-state index contributed by atoms with van der Waals surface area (Å²) in [6.07, 6.45) is 3.95. The summed E-state index contributed by atoms with van der Waals surface area (Å²) in [6.45, 7) is 2.90. The van der Waals surface area contributed by atoms with Crippen LogP contribution in [0.4, 0.5) is 0 Å². The smallest absolute Gasteiger partial charge is 0.0876 e. The maximum atomic E-state index is 5.64. The molecule has 2 rings (SSSR count). The molecule has 0 spiro atoms. The Morgan fingerprint density at radius 1 is 1.44 bits per heavy atom. The van der Waals surface area contributed by atoms with Crippen LogP contribution in [0.15, 0.2) is 36.1 Å². The number of rotatable bonds is 3. The summed E-state index contributed by atoms with van der Waals surface area (Å²) in [5, 5.41) is 0. The van der Waals surface area contributed by atoms with Crippen LogP contribution in [-0.4, -0.2) is 6.61 Å². The molecule has 1 heterocycles. The van der Waals surface area contributed by atoms with Gasteiger partial charge in [0.1, 0.15) is 0 Å². The van der Waals surface area contributed by atoms with Crippen LogP contribution in [0.2, 0.25) is 0 Å². The Balaban J connectivity index is 2.25. The quantitative estimate of drug-likeness (QED) is 0.604. The Bertz CT molecular complexity index is 387. The second kappa shape index (κ2) is 5.14. The van der Waals surface area contributed by atoms with Gasteiger partial charge in [-0.3, -0.25) is 5.84 Å². The lowest BCUT2D eigenvalue weighted by atomic mass is 9.95. The first-order valence-electron chi connectivity index (χ1n) is 5.64. The maximum Gasteiger partial charge on any atom is 0.0876 e. The van der Waals surface area contributed by atoms with E-state index in [1.165, 1.54) is 16.7 Å². The van der Waals surface area contributed by atoms with Crippen LogP contribution < -0.4 is 11.3 Å². The number of nitrogens with one attached hydrogen (secondary N) is 1. The predicted molar refractivity (Wildman–Crippen MR) is 64.5 cm³/mol. The van der Waals surface area contributed by atoms with Crippen molar-refractivity contribution in [3.63, 3.8) is 0 Å². The van der Waals surface area contributed by atoms with Crippen LogP contribution in [0.5, 0.6) is 0 Å². The first-order chi connectivity index (χ1) is 7.81. The molecule has 16 heavy (non-hydrogen) atoms. The highest BCUT2D eigenvalue weighted by molar-refractivity contribution is 5.31. The Hall–Kier alpha value is -1.32. The molecule has 0 amide bonds. The van der Waals surface area contributed by atoms with Crippen molar-refractivity contribution in [2.75, 3.05) is 6.61 Å². The molecule has 1 aromatic carbocycles. The number of nitrogens with two attached hydrogens (primary N) is 1. The molecule has 3 N–H and O–H groups in total. The van der Waals surface area contributed by atoms with Gasteiger partial charge < -0.3 is 4.74 Å². The van der Waals surface area contributed by atoms with Gasteiger partial charge >= 0.3 is 0 Å². The molecule has 0 aliphatic carbocycles. The highest BCUT2D eigenvalue weighted by Crippen LogP contribution is 2.27. The van der Waals surface area contributed by atoms with Crippen molar-refractivity contribution < 1.29 is 4.74 Å². The molecule has 86 valence electrons. The van der Waals surface area contributed by atoms with E-state index in [0.29, 0.717) is 0 Å². The molecule has 1 aromatic rings. The van der Waals surface area contributed by atoms with Gasteiger partial charge in [-0.2, -0.15) is 0 Å². The first kappa shape index (κ1) is 11.2. The summed E-state index contributed by atoms with van der Waals surface area (Å²) in [7, 11) is 0. The molecule has 1 aliphatic heterocycles. The van der Waals surface area contributed by atoms with Crippen LogP contribution in [0.25, 0.3) is 0 Å². The second-order valence-electron chi connectivity index (χ2n) is 4.18. The minimum absolute atomic E-state index is 0.0696. The molecule has 0 saturated carbocycles. The number of hydrogen-bond acceptors (Lipinski definition) is 3. The fourth-order valence-electron chi connectivity index (χ4n) is 2.06. The van der Waals surface area contributed by atoms with Gasteiger partial charge in [0, 0.05) is 0 Å². The summed E-state index contributed by atoms with van der Waals surface area (Å²) in [6, 6.07) is 8.45. The molecule has 0 radical (unpaired) electrons. The van der Waals surface area contributed by atoms with Gasteiger partial charge in [-0.05, 0) is 30.9 Å². The summed E-state index contributed by atoms with van der Waals surface area (Å²) in [5.41, 5.74) is 6.53. The minimum Gasteiger partial charge on any atom is -0.501 e. The van der Waals surface area contributed by atoms with E-state index in [-0.39, 0.29) is 6.04 Å². The van der Waals surface area contributed by atoms with Crippen molar-refractivity contribution in [2.45, 2.75) is 25.8 Å². The molecular formula is C13H18N2O. The predicted octanol–water partition coefficient (Wildman–Crippen LogP) is 2.19. The Morgan fingerprint density at radius 2 is 2.31 bits per heavy atom. The zero-order chi connectivity index (χ0) is 11.4. The van der Waals surface area contributed by atoms with Gasteiger partial charge in [0.15, 0.2) is 0 Å². The van der Waals surface area contributed by atoms with Crippen LogP contribution in [0, 0.1) is 6.92 Å². The zero-order valence-corrected chi connectivity index (χ0v) is 9.57. The van der Waals surface area contributed by atoms with Crippen LogP contribution in [-0.2, 0) is 4.74 Å². The molecule has 3 heteroatoms. The maximum absolute atomic E-state index is 5.64. The average molecular weight is 218 g/mol. The molecule has 0 saturated heterocycles. The minimum atomic E-state index is 0.0696. The first-order valence-corrected chi connectivity index (χ1v) is 5.64. The third kappa shape index (κ3) is 2.43. The third-order valence-electron chi connectivity index (χ3n) is 2.88. The average Bonchev–Trinajstić information content (AvgIpc) is 2.31. The van der Waals surface area contributed by atoms with E-state index in [4.69, 9.17) is 10.6 Å². The topological polar surface area (TPSA) is 47.3 Å². The van der Waals surface area contributed by atoms with Crippen LogP contribution in [0.1, 0.15) is 30.0 Å². The molecule has 3 nitrogen and oxygen atoms in total. The number of aryl methyl sites for hydroxylation is 1. The van der Waals surface area contributed by atoms with Crippen molar-refractivity contribution in [1.82, 2.24) is 5.43 Å². The van der Waals surface area contributed by atoms with E-state index in [2.05, 4.69) is 36.6 Å². The van der Waals surface area contributed by atoms with Crippen molar-refractivity contribution in [1.29, 1.82) is 0 Å². The standard InChI is InChI=1S/C13H18N2O/c1-10-4-2-5-11(8-10)13(15-14)12-6-3-7-16-9-12/h2,4-5,8-9,13,15H,3,6-7,14H2,1H3. The van der Waals surface area contributed by atoms with Crippen molar-refractivity contribution >= 4 is 0 Å². The van der Waals surface area contributed by atoms with E-state index in [9.17, 15) is 0 Å². The molecule has 0 aromatic heterocycles. The fourth-order valence-corrected chi connectivity index (χ4v) is 2.06. The van der Waals surface area contributed by atoms with E-state index >= 15 is 0 Å². The third-order valence-corrected chi connectivity index (χ3v) is 2.88. The van der Waals surface area contributed by atoms with Crippen LogP contribution >= 0.6 is 0 Å². The van der Waals surface area contributed by atoms with Crippen molar-refractivity contribution in [2.24, 2.45) is 5.84 Å². The van der Waals surface area contributed by atoms with Gasteiger partial charge in [0.05, 0.1) is 18.9 Å². The number of hydrogen-bond donors (Lipinski definition) is 2. The highest BCUT2D eigenvalue weighted by Gasteiger charge is 2.17. The van der Waals surface area contributed by atoms with Gasteiger partial charge in [-0.15, -0.1) is 0 Å². The molecule has 1 unspecified atom stereocenters.